The molecule has 84 valence electrons. The lowest BCUT2D eigenvalue weighted by atomic mass is 10.2. The van der Waals surface area contributed by atoms with Crippen LogP contribution in [0.2, 0.25) is 0 Å². The fraction of sp³-hybridized carbons (Fsp3) is 0.545. The van der Waals surface area contributed by atoms with Crippen molar-refractivity contribution in [3.8, 4) is 0 Å². The third-order valence-corrected chi connectivity index (χ3v) is 2.23. The summed E-state index contributed by atoms with van der Waals surface area (Å²) in [4.78, 5) is 11.7. The van der Waals surface area contributed by atoms with Gasteiger partial charge in [0, 0.05) is 12.6 Å². The quantitative estimate of drug-likeness (QED) is 0.791. The lowest BCUT2D eigenvalue weighted by molar-refractivity contribution is 0.0933. The van der Waals surface area contributed by atoms with Crippen LogP contribution >= 0.6 is 0 Å². The molecule has 0 bridgehead atoms. The predicted molar refractivity (Wildman–Crippen MR) is 56.8 cm³/mol. The second-order valence-corrected chi connectivity index (χ2v) is 3.71. The molecule has 0 radical (unpaired) electrons. The van der Waals surface area contributed by atoms with Gasteiger partial charge in [-0.1, -0.05) is 0 Å². The van der Waals surface area contributed by atoms with Gasteiger partial charge in [-0.3, -0.25) is 4.79 Å². The monoisotopic (exact) mass is 211 g/mol. The highest BCUT2D eigenvalue weighted by atomic mass is 16.3. The molecule has 2 N–H and O–H groups in total. The van der Waals surface area contributed by atoms with Crippen molar-refractivity contribution in [2.75, 3.05) is 6.61 Å². The number of carbonyl (C=O) groups is 1. The first-order valence-electron chi connectivity index (χ1n) is 5.03. The molecule has 0 aliphatic rings. The molecule has 0 aliphatic carbocycles. The highest BCUT2D eigenvalue weighted by molar-refractivity contribution is 5.95. The topological polar surface area (TPSA) is 62.5 Å². The van der Waals surface area contributed by atoms with E-state index in [0.29, 0.717) is 17.7 Å². The van der Waals surface area contributed by atoms with Crippen LogP contribution in [0.1, 0.15) is 35.2 Å². The number of aryl methyl sites for hydroxylation is 2. The minimum absolute atomic E-state index is 0.0305. The van der Waals surface area contributed by atoms with Gasteiger partial charge in [0.15, 0.2) is 0 Å². The molecule has 4 nitrogen and oxygen atoms in total. The van der Waals surface area contributed by atoms with E-state index in [9.17, 15) is 4.79 Å². The third-order valence-electron chi connectivity index (χ3n) is 2.23. The van der Waals surface area contributed by atoms with Gasteiger partial charge in [0.1, 0.15) is 11.5 Å². The van der Waals surface area contributed by atoms with Gasteiger partial charge in [-0.05, 0) is 33.3 Å². The molecule has 1 atom stereocenters. The minimum atomic E-state index is -0.148. The molecular formula is C11H17NO3. The number of hydrogen-bond acceptors (Lipinski definition) is 3. The zero-order valence-electron chi connectivity index (χ0n) is 9.33. The van der Waals surface area contributed by atoms with E-state index in [1.807, 2.05) is 6.92 Å². The largest absolute Gasteiger partial charge is 0.466 e. The Bertz CT molecular complexity index is 344. The zero-order valence-corrected chi connectivity index (χ0v) is 9.33. The Hall–Kier alpha value is -1.29. The Labute approximate surface area is 89.3 Å². The number of furan rings is 1. The van der Waals surface area contributed by atoms with E-state index in [2.05, 4.69) is 5.32 Å². The number of rotatable bonds is 4. The molecule has 1 unspecified atom stereocenters. The zero-order chi connectivity index (χ0) is 11.4. The fourth-order valence-electron chi connectivity index (χ4n) is 1.42. The first kappa shape index (κ1) is 11.8. The van der Waals surface area contributed by atoms with E-state index in [0.717, 1.165) is 5.76 Å². The van der Waals surface area contributed by atoms with Gasteiger partial charge in [0.25, 0.3) is 5.91 Å². The maximum atomic E-state index is 11.7. The molecule has 1 rings (SSSR count). The Kier molecular flexibility index (Phi) is 3.91. The molecule has 1 aromatic heterocycles. The second kappa shape index (κ2) is 4.98. The number of aliphatic hydroxyl groups is 1. The van der Waals surface area contributed by atoms with Gasteiger partial charge in [-0.2, -0.15) is 0 Å². The van der Waals surface area contributed by atoms with Crippen LogP contribution in [0.3, 0.4) is 0 Å². The van der Waals surface area contributed by atoms with Crippen LogP contribution < -0.4 is 5.32 Å². The van der Waals surface area contributed by atoms with E-state index in [1.54, 1.807) is 19.9 Å². The summed E-state index contributed by atoms with van der Waals surface area (Å²) in [5.41, 5.74) is 0.567. The highest BCUT2D eigenvalue weighted by Gasteiger charge is 2.14. The standard InChI is InChI=1S/C11H17NO3/c1-7(4-5-13)12-11(14)10-6-8(2)15-9(10)3/h6-7,13H,4-5H2,1-3H3,(H,12,14). The van der Waals surface area contributed by atoms with Gasteiger partial charge >= 0.3 is 0 Å². The van der Waals surface area contributed by atoms with E-state index in [1.165, 1.54) is 0 Å². The molecular weight excluding hydrogens is 194 g/mol. The van der Waals surface area contributed by atoms with Crippen LogP contribution in [0.25, 0.3) is 0 Å². The molecule has 0 aromatic carbocycles. The van der Waals surface area contributed by atoms with Crippen molar-refractivity contribution in [2.45, 2.75) is 33.2 Å². The van der Waals surface area contributed by atoms with Gasteiger partial charge in [-0.15, -0.1) is 0 Å². The summed E-state index contributed by atoms with van der Waals surface area (Å²) in [5.74, 6) is 1.21. The highest BCUT2D eigenvalue weighted by Crippen LogP contribution is 2.13. The molecule has 0 spiro atoms. The van der Waals surface area contributed by atoms with Crippen molar-refractivity contribution < 1.29 is 14.3 Å². The molecule has 1 heterocycles. The SMILES string of the molecule is Cc1cc(C(=O)NC(C)CCO)c(C)o1. The Balaban J connectivity index is 2.65. The summed E-state index contributed by atoms with van der Waals surface area (Å²) in [6.07, 6.45) is 0.557. The number of aliphatic hydroxyl groups excluding tert-OH is 1. The molecule has 15 heavy (non-hydrogen) atoms. The number of hydrogen-bond donors (Lipinski definition) is 2. The molecule has 1 aromatic rings. The van der Waals surface area contributed by atoms with E-state index < -0.39 is 0 Å². The lowest BCUT2D eigenvalue weighted by Gasteiger charge is -2.11. The molecule has 0 saturated heterocycles. The van der Waals surface area contributed by atoms with Crippen LogP contribution in [0.4, 0.5) is 0 Å². The van der Waals surface area contributed by atoms with Gasteiger partial charge in [-0.25, -0.2) is 0 Å². The van der Waals surface area contributed by atoms with Crippen molar-refractivity contribution in [3.05, 3.63) is 23.2 Å². The third kappa shape index (κ3) is 3.09. The summed E-state index contributed by atoms with van der Waals surface area (Å²) in [6, 6.07) is 1.69. The second-order valence-electron chi connectivity index (χ2n) is 3.71. The Morgan fingerprint density at radius 2 is 2.27 bits per heavy atom. The van der Waals surface area contributed by atoms with Crippen molar-refractivity contribution in [1.82, 2.24) is 5.32 Å². The smallest absolute Gasteiger partial charge is 0.255 e. The summed E-state index contributed by atoms with van der Waals surface area (Å²) in [6.45, 7) is 5.50. The van der Waals surface area contributed by atoms with E-state index in [4.69, 9.17) is 9.52 Å². The van der Waals surface area contributed by atoms with Crippen molar-refractivity contribution in [3.63, 3.8) is 0 Å². The van der Waals surface area contributed by atoms with Crippen LogP contribution in [0, 0.1) is 13.8 Å². The number of amides is 1. The Morgan fingerprint density at radius 3 is 2.73 bits per heavy atom. The maximum absolute atomic E-state index is 11.7. The molecule has 0 saturated carbocycles. The van der Waals surface area contributed by atoms with Gasteiger partial charge < -0.3 is 14.8 Å². The average molecular weight is 211 g/mol. The normalized spacial score (nSPS) is 12.5. The molecule has 1 amide bonds. The van der Waals surface area contributed by atoms with Crippen LogP contribution in [-0.2, 0) is 0 Å². The first-order valence-corrected chi connectivity index (χ1v) is 5.03. The molecule has 4 heteroatoms. The van der Waals surface area contributed by atoms with Crippen LogP contribution in [0.5, 0.6) is 0 Å². The lowest BCUT2D eigenvalue weighted by Crippen LogP contribution is -2.33. The van der Waals surface area contributed by atoms with Crippen molar-refractivity contribution >= 4 is 5.91 Å². The van der Waals surface area contributed by atoms with Gasteiger partial charge in [0.2, 0.25) is 0 Å². The summed E-state index contributed by atoms with van der Waals surface area (Å²) in [5, 5.41) is 11.5. The van der Waals surface area contributed by atoms with Crippen LogP contribution in [0.15, 0.2) is 10.5 Å². The Morgan fingerprint density at radius 1 is 1.60 bits per heavy atom. The maximum Gasteiger partial charge on any atom is 0.255 e. The van der Waals surface area contributed by atoms with Crippen molar-refractivity contribution in [1.29, 1.82) is 0 Å². The van der Waals surface area contributed by atoms with E-state index in [-0.39, 0.29) is 18.6 Å². The average Bonchev–Trinajstić information content (AvgIpc) is 2.45. The molecule has 0 fully saturated rings. The summed E-state index contributed by atoms with van der Waals surface area (Å²) < 4.78 is 5.27. The number of carbonyl (C=O) groups excluding carboxylic acids is 1. The molecule has 0 aliphatic heterocycles. The van der Waals surface area contributed by atoms with E-state index >= 15 is 0 Å². The first-order chi connectivity index (χ1) is 7.04. The van der Waals surface area contributed by atoms with Crippen molar-refractivity contribution in [2.24, 2.45) is 0 Å². The van der Waals surface area contributed by atoms with Crippen LogP contribution in [-0.4, -0.2) is 23.7 Å². The predicted octanol–water partition coefficient (Wildman–Crippen LogP) is 1.40. The van der Waals surface area contributed by atoms with Gasteiger partial charge in [0.05, 0.1) is 5.56 Å². The summed E-state index contributed by atoms with van der Waals surface area (Å²) >= 11 is 0. The fourth-order valence-corrected chi connectivity index (χ4v) is 1.42. The number of nitrogens with one attached hydrogen (secondary N) is 1. The summed E-state index contributed by atoms with van der Waals surface area (Å²) in [7, 11) is 0. The minimum Gasteiger partial charge on any atom is -0.466 e.